The Morgan fingerprint density at radius 3 is 2.83 bits per heavy atom. The lowest BCUT2D eigenvalue weighted by atomic mass is 10.1. The molecule has 0 aromatic carbocycles. The molecule has 0 bridgehead atoms. The van der Waals surface area contributed by atoms with Gasteiger partial charge in [0.25, 0.3) is 0 Å². The van der Waals surface area contributed by atoms with Crippen molar-refractivity contribution >= 4 is 5.82 Å². The number of anilines is 1. The minimum absolute atomic E-state index is 0.505. The van der Waals surface area contributed by atoms with Gasteiger partial charge in [-0.2, -0.15) is 0 Å². The lowest BCUT2D eigenvalue weighted by Crippen LogP contribution is -2.00. The molecule has 0 saturated carbocycles. The van der Waals surface area contributed by atoms with Gasteiger partial charge in [0.1, 0.15) is 5.82 Å². The number of hydrogen-bond donors (Lipinski definition) is 1. The van der Waals surface area contributed by atoms with Gasteiger partial charge in [-0.25, -0.2) is 4.98 Å². The van der Waals surface area contributed by atoms with Crippen molar-refractivity contribution in [2.24, 2.45) is 0 Å². The van der Waals surface area contributed by atoms with Gasteiger partial charge in [0.15, 0.2) is 0 Å². The molecule has 2 N–H and O–H groups in total. The highest BCUT2D eigenvalue weighted by atomic mass is 14.8. The fraction of sp³-hybridized carbons (Fsp3) is 0.300. The van der Waals surface area contributed by atoms with Gasteiger partial charge in [-0.15, -0.1) is 6.42 Å². The first-order chi connectivity index (χ1) is 5.69. The molecule has 1 rings (SSSR count). The molecule has 0 aliphatic carbocycles. The van der Waals surface area contributed by atoms with E-state index in [1.807, 2.05) is 13.8 Å². The SMILES string of the molecule is C#Cc1cc(N)nc(CC)c1C. The molecule has 0 unspecified atom stereocenters. The third-order valence-corrected chi connectivity index (χ3v) is 1.88. The summed E-state index contributed by atoms with van der Waals surface area (Å²) in [6.45, 7) is 4.01. The number of aromatic nitrogens is 1. The van der Waals surface area contributed by atoms with Crippen molar-refractivity contribution in [1.82, 2.24) is 4.98 Å². The second-order valence-electron chi connectivity index (χ2n) is 2.66. The lowest BCUT2D eigenvalue weighted by molar-refractivity contribution is 1.01. The van der Waals surface area contributed by atoms with Gasteiger partial charge < -0.3 is 5.73 Å². The maximum absolute atomic E-state index is 5.57. The number of nitrogens with two attached hydrogens (primary N) is 1. The molecule has 1 heterocycles. The number of pyridine rings is 1. The van der Waals surface area contributed by atoms with Crippen LogP contribution in [0, 0.1) is 19.3 Å². The summed E-state index contributed by atoms with van der Waals surface area (Å²) in [5, 5.41) is 0. The standard InChI is InChI=1S/C10H12N2/c1-4-8-6-10(11)12-9(5-2)7(8)3/h1,6H,5H2,2-3H3,(H2,11,12). The number of rotatable bonds is 1. The largest absolute Gasteiger partial charge is 0.384 e. The normalized spacial score (nSPS) is 9.42. The molecule has 0 atom stereocenters. The Kier molecular flexibility index (Phi) is 2.35. The van der Waals surface area contributed by atoms with Crippen molar-refractivity contribution in [3.63, 3.8) is 0 Å². The van der Waals surface area contributed by atoms with Crippen molar-refractivity contribution in [2.45, 2.75) is 20.3 Å². The van der Waals surface area contributed by atoms with E-state index in [9.17, 15) is 0 Å². The molecule has 2 heteroatoms. The van der Waals surface area contributed by atoms with E-state index in [0.29, 0.717) is 5.82 Å². The Morgan fingerprint density at radius 1 is 1.67 bits per heavy atom. The lowest BCUT2D eigenvalue weighted by Gasteiger charge is -2.05. The van der Waals surface area contributed by atoms with E-state index in [2.05, 4.69) is 10.9 Å². The first kappa shape index (κ1) is 8.61. The second-order valence-corrected chi connectivity index (χ2v) is 2.66. The second kappa shape index (κ2) is 3.27. The fourth-order valence-electron chi connectivity index (χ4n) is 1.18. The van der Waals surface area contributed by atoms with Gasteiger partial charge in [0.2, 0.25) is 0 Å². The number of nitrogen functional groups attached to an aromatic ring is 1. The number of hydrogen-bond acceptors (Lipinski definition) is 2. The van der Waals surface area contributed by atoms with E-state index in [1.165, 1.54) is 0 Å². The van der Waals surface area contributed by atoms with Crippen LogP contribution in [0.5, 0.6) is 0 Å². The highest BCUT2D eigenvalue weighted by molar-refractivity contribution is 5.48. The van der Waals surface area contributed by atoms with Crippen LogP contribution in [0.3, 0.4) is 0 Å². The molecular weight excluding hydrogens is 148 g/mol. The van der Waals surface area contributed by atoms with Crippen LogP contribution < -0.4 is 5.73 Å². The van der Waals surface area contributed by atoms with Crippen molar-refractivity contribution in [3.8, 4) is 12.3 Å². The molecule has 0 aliphatic rings. The summed E-state index contributed by atoms with van der Waals surface area (Å²) in [6.07, 6.45) is 6.18. The summed E-state index contributed by atoms with van der Waals surface area (Å²) in [7, 11) is 0. The third kappa shape index (κ3) is 1.40. The monoisotopic (exact) mass is 160 g/mol. The van der Waals surface area contributed by atoms with E-state index in [0.717, 1.165) is 23.2 Å². The molecule has 1 aromatic rings. The number of nitrogens with zero attached hydrogens (tertiary/aromatic N) is 1. The van der Waals surface area contributed by atoms with Crippen LogP contribution >= 0.6 is 0 Å². The Morgan fingerprint density at radius 2 is 2.33 bits per heavy atom. The van der Waals surface area contributed by atoms with Gasteiger partial charge in [0.05, 0.1) is 0 Å². The molecule has 0 amide bonds. The maximum atomic E-state index is 5.57. The van der Waals surface area contributed by atoms with Crippen LogP contribution in [0.25, 0.3) is 0 Å². The molecule has 0 fully saturated rings. The molecule has 0 radical (unpaired) electrons. The molecule has 2 nitrogen and oxygen atoms in total. The van der Waals surface area contributed by atoms with Crippen LogP contribution in [0.1, 0.15) is 23.7 Å². The summed E-state index contributed by atoms with van der Waals surface area (Å²) in [5.41, 5.74) is 8.47. The topological polar surface area (TPSA) is 38.9 Å². The van der Waals surface area contributed by atoms with Gasteiger partial charge in [-0.1, -0.05) is 12.8 Å². The summed E-state index contributed by atoms with van der Waals surface area (Å²) < 4.78 is 0. The van der Waals surface area contributed by atoms with Gasteiger partial charge in [-0.05, 0) is 25.0 Å². The summed E-state index contributed by atoms with van der Waals surface area (Å²) in [4.78, 5) is 4.18. The first-order valence-electron chi connectivity index (χ1n) is 3.91. The first-order valence-corrected chi connectivity index (χ1v) is 3.91. The maximum Gasteiger partial charge on any atom is 0.124 e. The predicted molar refractivity (Wildman–Crippen MR) is 50.7 cm³/mol. The van der Waals surface area contributed by atoms with E-state index >= 15 is 0 Å². The van der Waals surface area contributed by atoms with E-state index in [4.69, 9.17) is 12.2 Å². The molecule has 0 aliphatic heterocycles. The van der Waals surface area contributed by atoms with Gasteiger partial charge in [-0.3, -0.25) is 0 Å². The Balaban J connectivity index is 3.34. The molecule has 62 valence electrons. The third-order valence-electron chi connectivity index (χ3n) is 1.88. The number of aryl methyl sites for hydroxylation is 1. The minimum atomic E-state index is 0.505. The quantitative estimate of drug-likeness (QED) is 0.632. The van der Waals surface area contributed by atoms with Crippen molar-refractivity contribution in [2.75, 3.05) is 5.73 Å². The molecule has 0 spiro atoms. The number of terminal acetylenes is 1. The Hall–Kier alpha value is -1.49. The summed E-state index contributed by atoms with van der Waals surface area (Å²) in [5.74, 6) is 3.10. The minimum Gasteiger partial charge on any atom is -0.384 e. The Bertz CT molecular complexity index is 334. The molecule has 0 saturated heterocycles. The van der Waals surface area contributed by atoms with Crippen LogP contribution in [0.4, 0.5) is 5.82 Å². The fourth-order valence-corrected chi connectivity index (χ4v) is 1.18. The van der Waals surface area contributed by atoms with E-state index in [-0.39, 0.29) is 0 Å². The van der Waals surface area contributed by atoms with Crippen molar-refractivity contribution < 1.29 is 0 Å². The predicted octanol–water partition coefficient (Wildman–Crippen LogP) is 1.52. The van der Waals surface area contributed by atoms with Crippen LogP contribution in [-0.4, -0.2) is 4.98 Å². The summed E-state index contributed by atoms with van der Waals surface area (Å²) in [6, 6.07) is 1.73. The van der Waals surface area contributed by atoms with Crippen molar-refractivity contribution in [1.29, 1.82) is 0 Å². The zero-order valence-electron chi connectivity index (χ0n) is 7.39. The smallest absolute Gasteiger partial charge is 0.124 e. The Labute approximate surface area is 72.8 Å². The van der Waals surface area contributed by atoms with E-state index < -0.39 is 0 Å². The zero-order valence-corrected chi connectivity index (χ0v) is 7.39. The molecular formula is C10H12N2. The van der Waals surface area contributed by atoms with Crippen molar-refractivity contribution in [3.05, 3.63) is 22.9 Å². The average molecular weight is 160 g/mol. The van der Waals surface area contributed by atoms with Crippen LogP contribution in [0.15, 0.2) is 6.07 Å². The zero-order chi connectivity index (χ0) is 9.14. The average Bonchev–Trinajstić information content (AvgIpc) is 2.08. The molecule has 12 heavy (non-hydrogen) atoms. The highest BCUT2D eigenvalue weighted by Crippen LogP contribution is 2.14. The van der Waals surface area contributed by atoms with E-state index in [1.54, 1.807) is 6.07 Å². The highest BCUT2D eigenvalue weighted by Gasteiger charge is 2.03. The summed E-state index contributed by atoms with van der Waals surface area (Å²) >= 11 is 0. The van der Waals surface area contributed by atoms with Crippen LogP contribution in [-0.2, 0) is 6.42 Å². The van der Waals surface area contributed by atoms with Crippen LogP contribution in [0.2, 0.25) is 0 Å². The molecule has 1 aromatic heterocycles. The van der Waals surface area contributed by atoms with Gasteiger partial charge >= 0.3 is 0 Å². The van der Waals surface area contributed by atoms with Gasteiger partial charge in [0, 0.05) is 11.3 Å².